The highest BCUT2D eigenvalue weighted by atomic mass is 14.9. The molecule has 0 unspecified atom stereocenters. The van der Waals surface area contributed by atoms with Crippen molar-refractivity contribution >= 4 is 0 Å². The van der Waals surface area contributed by atoms with E-state index in [1.165, 1.54) is 56.9 Å². The van der Waals surface area contributed by atoms with Crippen LogP contribution < -0.4 is 11.1 Å². The van der Waals surface area contributed by atoms with E-state index in [2.05, 4.69) is 35.6 Å². The summed E-state index contributed by atoms with van der Waals surface area (Å²) in [6.45, 7) is 3.14. The highest BCUT2D eigenvalue weighted by Gasteiger charge is 2.34. The van der Waals surface area contributed by atoms with Crippen molar-refractivity contribution in [2.24, 2.45) is 5.73 Å². The summed E-state index contributed by atoms with van der Waals surface area (Å²) < 4.78 is 0. The summed E-state index contributed by atoms with van der Waals surface area (Å²) in [6.07, 6.45) is 10.5. The number of hydrogen-bond donors (Lipinski definition) is 2. The number of unbranched alkanes of at least 4 members (excludes halogenated alkanes) is 3. The lowest BCUT2D eigenvalue weighted by Crippen LogP contribution is -2.36. The van der Waals surface area contributed by atoms with Crippen molar-refractivity contribution in [3.63, 3.8) is 0 Å². The van der Waals surface area contributed by atoms with Gasteiger partial charge in [0, 0.05) is 12.0 Å². The zero-order valence-electron chi connectivity index (χ0n) is 12.7. The molecule has 2 nitrogen and oxygen atoms in total. The molecular formula is C18H30N2. The van der Waals surface area contributed by atoms with E-state index in [1.54, 1.807) is 0 Å². The number of nitrogens with two attached hydrogens (primary N) is 1. The normalized spacial score (nSPS) is 17.4. The molecule has 0 amide bonds. The van der Waals surface area contributed by atoms with Crippen LogP contribution in [0.15, 0.2) is 30.3 Å². The van der Waals surface area contributed by atoms with E-state index in [1.807, 2.05) is 0 Å². The minimum absolute atomic E-state index is 0.401. The molecule has 112 valence electrons. The van der Waals surface area contributed by atoms with Crippen LogP contribution in [0.1, 0.15) is 56.9 Å². The Kier molecular flexibility index (Phi) is 6.55. The highest BCUT2D eigenvalue weighted by molar-refractivity contribution is 5.27. The molecule has 2 heteroatoms. The first kappa shape index (κ1) is 15.5. The molecule has 0 radical (unpaired) electrons. The minimum atomic E-state index is 0.401. The van der Waals surface area contributed by atoms with Gasteiger partial charge in [-0.2, -0.15) is 0 Å². The van der Waals surface area contributed by atoms with Crippen LogP contribution in [0.2, 0.25) is 0 Å². The Morgan fingerprint density at radius 2 is 1.65 bits per heavy atom. The molecule has 0 atom stereocenters. The first-order chi connectivity index (χ1) is 9.87. The van der Waals surface area contributed by atoms with Gasteiger partial charge in [0.1, 0.15) is 0 Å². The molecule has 0 aliphatic heterocycles. The van der Waals surface area contributed by atoms with Gasteiger partial charge >= 0.3 is 0 Å². The molecule has 1 aliphatic rings. The molecule has 1 aliphatic carbocycles. The highest BCUT2D eigenvalue weighted by Crippen LogP contribution is 2.40. The van der Waals surface area contributed by atoms with Crippen molar-refractivity contribution in [3.8, 4) is 0 Å². The maximum absolute atomic E-state index is 5.52. The molecule has 1 aromatic carbocycles. The van der Waals surface area contributed by atoms with Crippen molar-refractivity contribution in [2.45, 2.75) is 56.8 Å². The van der Waals surface area contributed by atoms with Gasteiger partial charge in [-0.05, 0) is 44.3 Å². The quantitative estimate of drug-likeness (QED) is 0.675. The third kappa shape index (κ3) is 4.32. The summed E-state index contributed by atoms with van der Waals surface area (Å²) in [5, 5.41) is 3.71. The van der Waals surface area contributed by atoms with Gasteiger partial charge in [0.25, 0.3) is 0 Å². The summed E-state index contributed by atoms with van der Waals surface area (Å²) >= 11 is 0. The first-order valence-corrected chi connectivity index (χ1v) is 8.34. The van der Waals surface area contributed by atoms with Crippen LogP contribution in [-0.4, -0.2) is 19.6 Å². The second-order valence-electron chi connectivity index (χ2n) is 6.23. The Bertz CT molecular complexity index is 355. The van der Waals surface area contributed by atoms with Crippen molar-refractivity contribution in [1.82, 2.24) is 5.32 Å². The van der Waals surface area contributed by atoms with E-state index in [0.717, 1.165) is 19.6 Å². The van der Waals surface area contributed by atoms with Gasteiger partial charge in [0.15, 0.2) is 0 Å². The Morgan fingerprint density at radius 3 is 2.35 bits per heavy atom. The van der Waals surface area contributed by atoms with Crippen LogP contribution in [0.3, 0.4) is 0 Å². The molecule has 20 heavy (non-hydrogen) atoms. The predicted molar refractivity (Wildman–Crippen MR) is 87.0 cm³/mol. The van der Waals surface area contributed by atoms with Crippen molar-refractivity contribution < 1.29 is 0 Å². The molecule has 0 aromatic heterocycles. The number of benzene rings is 1. The molecule has 3 N–H and O–H groups in total. The summed E-state index contributed by atoms with van der Waals surface area (Å²) in [5.74, 6) is 0. The SMILES string of the molecule is NCCCCCCNCC1(c2ccccc2)CCCC1. The third-order valence-corrected chi connectivity index (χ3v) is 4.72. The third-order valence-electron chi connectivity index (χ3n) is 4.72. The topological polar surface area (TPSA) is 38.0 Å². The van der Waals surface area contributed by atoms with E-state index in [0.29, 0.717) is 5.41 Å². The lowest BCUT2D eigenvalue weighted by Gasteiger charge is -2.30. The van der Waals surface area contributed by atoms with Crippen LogP contribution in [-0.2, 0) is 5.41 Å². The van der Waals surface area contributed by atoms with Gasteiger partial charge in [0.05, 0.1) is 0 Å². The Balaban J connectivity index is 1.76. The van der Waals surface area contributed by atoms with Crippen LogP contribution in [0.25, 0.3) is 0 Å². The molecule has 0 saturated heterocycles. The number of rotatable bonds is 9. The second-order valence-corrected chi connectivity index (χ2v) is 6.23. The standard InChI is InChI=1S/C18H30N2/c19-14-8-1-2-9-15-20-16-18(12-6-7-13-18)17-10-4-3-5-11-17/h3-5,10-11,20H,1-2,6-9,12-16,19H2. The number of nitrogens with one attached hydrogen (secondary N) is 1. The number of hydrogen-bond acceptors (Lipinski definition) is 2. The van der Waals surface area contributed by atoms with E-state index in [9.17, 15) is 0 Å². The molecule has 1 fully saturated rings. The molecule has 0 spiro atoms. The Morgan fingerprint density at radius 1 is 0.950 bits per heavy atom. The average molecular weight is 274 g/mol. The monoisotopic (exact) mass is 274 g/mol. The summed E-state index contributed by atoms with van der Waals surface area (Å²) in [4.78, 5) is 0. The van der Waals surface area contributed by atoms with Crippen molar-refractivity contribution in [3.05, 3.63) is 35.9 Å². The zero-order chi connectivity index (χ0) is 14.1. The fourth-order valence-electron chi connectivity index (χ4n) is 3.49. The van der Waals surface area contributed by atoms with Gasteiger partial charge in [-0.3, -0.25) is 0 Å². The molecule has 2 rings (SSSR count). The molecular weight excluding hydrogens is 244 g/mol. The predicted octanol–water partition coefficient (Wildman–Crippen LogP) is 3.61. The van der Waals surface area contributed by atoms with E-state index >= 15 is 0 Å². The van der Waals surface area contributed by atoms with Crippen LogP contribution in [0.5, 0.6) is 0 Å². The zero-order valence-corrected chi connectivity index (χ0v) is 12.7. The average Bonchev–Trinajstić information content (AvgIpc) is 2.97. The van der Waals surface area contributed by atoms with Gasteiger partial charge in [-0.15, -0.1) is 0 Å². The molecule has 1 aromatic rings. The summed E-state index contributed by atoms with van der Waals surface area (Å²) in [5.41, 5.74) is 7.45. The lowest BCUT2D eigenvalue weighted by atomic mass is 9.79. The van der Waals surface area contributed by atoms with Gasteiger partial charge in [-0.25, -0.2) is 0 Å². The van der Waals surface area contributed by atoms with Crippen LogP contribution >= 0.6 is 0 Å². The fourth-order valence-corrected chi connectivity index (χ4v) is 3.49. The Labute approximate surface area is 124 Å². The van der Waals surface area contributed by atoms with E-state index in [-0.39, 0.29) is 0 Å². The first-order valence-electron chi connectivity index (χ1n) is 8.34. The van der Waals surface area contributed by atoms with Gasteiger partial charge in [-0.1, -0.05) is 56.0 Å². The molecule has 1 saturated carbocycles. The van der Waals surface area contributed by atoms with Crippen LogP contribution in [0, 0.1) is 0 Å². The minimum Gasteiger partial charge on any atom is -0.330 e. The van der Waals surface area contributed by atoms with Crippen LogP contribution in [0.4, 0.5) is 0 Å². The largest absolute Gasteiger partial charge is 0.330 e. The lowest BCUT2D eigenvalue weighted by molar-refractivity contribution is 0.401. The fraction of sp³-hybridized carbons (Fsp3) is 0.667. The Hall–Kier alpha value is -0.860. The maximum atomic E-state index is 5.52. The van der Waals surface area contributed by atoms with Crippen molar-refractivity contribution in [1.29, 1.82) is 0 Å². The smallest absolute Gasteiger partial charge is 0.00777 e. The second kappa shape index (κ2) is 8.43. The van der Waals surface area contributed by atoms with Gasteiger partial charge < -0.3 is 11.1 Å². The maximum Gasteiger partial charge on any atom is 0.00777 e. The summed E-state index contributed by atoms with van der Waals surface area (Å²) in [7, 11) is 0. The van der Waals surface area contributed by atoms with Crippen molar-refractivity contribution in [2.75, 3.05) is 19.6 Å². The van der Waals surface area contributed by atoms with Gasteiger partial charge in [0.2, 0.25) is 0 Å². The van der Waals surface area contributed by atoms with E-state index < -0.39 is 0 Å². The van der Waals surface area contributed by atoms with E-state index in [4.69, 9.17) is 5.73 Å². The molecule has 0 heterocycles. The molecule has 0 bridgehead atoms. The summed E-state index contributed by atoms with van der Waals surface area (Å²) in [6, 6.07) is 11.1.